The lowest BCUT2D eigenvalue weighted by atomic mass is 9.96. The number of hydrogen-bond donors (Lipinski definition) is 0. The molecule has 0 radical (unpaired) electrons. The van der Waals surface area contributed by atoms with E-state index in [4.69, 9.17) is 0 Å². The predicted molar refractivity (Wildman–Crippen MR) is 85.9 cm³/mol. The molecule has 0 amide bonds. The van der Waals surface area contributed by atoms with Gasteiger partial charge in [-0.3, -0.25) is 0 Å². The number of hydrogen-bond acceptors (Lipinski definition) is 2. The highest BCUT2D eigenvalue weighted by atomic mass is 79.9. The summed E-state index contributed by atoms with van der Waals surface area (Å²) in [6, 6.07) is 6.62. The molecule has 0 N–H and O–H groups in total. The molecule has 0 bridgehead atoms. The molecule has 1 unspecified atom stereocenters. The fraction of sp³-hybridized carbons (Fsp3) is 0.188. The van der Waals surface area contributed by atoms with Gasteiger partial charge < -0.3 is 0 Å². The van der Waals surface area contributed by atoms with Crippen molar-refractivity contribution in [2.45, 2.75) is 19.8 Å². The number of nitrogens with zero attached hydrogens (tertiary/aromatic N) is 1. The van der Waals surface area contributed by atoms with Crippen LogP contribution in [-0.4, -0.2) is 4.98 Å². The standard InChI is InChI=1S/C16H12BrF2NS/c1-8(16-12(17)5-6-21-16)11-7-10-3-4-13(18)14(19)15(10)20-9(11)2/h3-8H,1-2H3. The number of halogens is 3. The maximum absolute atomic E-state index is 13.8. The zero-order valence-electron chi connectivity index (χ0n) is 11.5. The number of benzene rings is 1. The van der Waals surface area contributed by atoms with Crippen LogP contribution in [0.1, 0.15) is 29.0 Å². The Morgan fingerprint density at radius 2 is 2.00 bits per heavy atom. The van der Waals surface area contributed by atoms with Crippen molar-refractivity contribution in [3.8, 4) is 0 Å². The topological polar surface area (TPSA) is 12.9 Å². The van der Waals surface area contributed by atoms with Crippen LogP contribution in [0.2, 0.25) is 0 Å². The third kappa shape index (κ3) is 2.49. The third-order valence-corrected chi connectivity index (χ3v) is 5.67. The summed E-state index contributed by atoms with van der Waals surface area (Å²) in [6.45, 7) is 3.92. The number of aromatic nitrogens is 1. The van der Waals surface area contributed by atoms with Gasteiger partial charge in [0, 0.05) is 26.3 Å². The van der Waals surface area contributed by atoms with Crippen molar-refractivity contribution in [2.24, 2.45) is 0 Å². The highest BCUT2D eigenvalue weighted by molar-refractivity contribution is 9.10. The van der Waals surface area contributed by atoms with E-state index in [2.05, 4.69) is 27.8 Å². The van der Waals surface area contributed by atoms with Gasteiger partial charge in [0.05, 0.1) is 0 Å². The van der Waals surface area contributed by atoms with E-state index in [1.165, 1.54) is 4.88 Å². The van der Waals surface area contributed by atoms with E-state index in [0.29, 0.717) is 5.39 Å². The molecule has 2 aromatic heterocycles. The molecule has 0 aliphatic heterocycles. The van der Waals surface area contributed by atoms with Gasteiger partial charge in [0.25, 0.3) is 0 Å². The average Bonchev–Trinajstić information content (AvgIpc) is 2.88. The Hall–Kier alpha value is -1.33. The molecule has 3 rings (SSSR count). The number of thiophene rings is 1. The molecule has 108 valence electrons. The fourth-order valence-electron chi connectivity index (χ4n) is 2.48. The summed E-state index contributed by atoms with van der Waals surface area (Å²) in [4.78, 5) is 5.47. The summed E-state index contributed by atoms with van der Waals surface area (Å²) >= 11 is 5.20. The van der Waals surface area contributed by atoms with Gasteiger partial charge in [0.15, 0.2) is 11.6 Å². The second-order valence-corrected chi connectivity index (χ2v) is 6.75. The average molecular weight is 368 g/mol. The first-order chi connectivity index (χ1) is 9.99. The van der Waals surface area contributed by atoms with Gasteiger partial charge >= 0.3 is 0 Å². The van der Waals surface area contributed by atoms with Crippen LogP contribution in [0.4, 0.5) is 8.78 Å². The fourth-order valence-corrected chi connectivity index (χ4v) is 4.28. The van der Waals surface area contributed by atoms with Crippen LogP contribution in [0, 0.1) is 18.6 Å². The maximum Gasteiger partial charge on any atom is 0.184 e. The van der Waals surface area contributed by atoms with Crippen molar-refractivity contribution < 1.29 is 8.78 Å². The lowest BCUT2D eigenvalue weighted by Crippen LogP contribution is -2.01. The molecule has 1 nitrogen and oxygen atoms in total. The molecule has 5 heteroatoms. The molecule has 3 aromatic rings. The second kappa shape index (κ2) is 5.46. The van der Waals surface area contributed by atoms with Gasteiger partial charge in [-0.2, -0.15) is 0 Å². The summed E-state index contributed by atoms with van der Waals surface area (Å²) in [6.07, 6.45) is 0. The Bertz CT molecular complexity index is 829. The number of rotatable bonds is 2. The Morgan fingerprint density at radius 1 is 1.24 bits per heavy atom. The monoisotopic (exact) mass is 367 g/mol. The van der Waals surface area contributed by atoms with Crippen molar-refractivity contribution >= 4 is 38.2 Å². The lowest BCUT2D eigenvalue weighted by molar-refractivity contribution is 0.515. The van der Waals surface area contributed by atoms with Crippen molar-refractivity contribution in [1.29, 1.82) is 0 Å². The van der Waals surface area contributed by atoms with Gasteiger partial charge in [-0.1, -0.05) is 6.92 Å². The normalized spacial score (nSPS) is 12.8. The van der Waals surface area contributed by atoms with Crippen LogP contribution >= 0.6 is 27.3 Å². The smallest absolute Gasteiger partial charge is 0.184 e. The molecule has 1 aromatic carbocycles. The van der Waals surface area contributed by atoms with E-state index in [-0.39, 0.29) is 11.4 Å². The van der Waals surface area contributed by atoms with Gasteiger partial charge in [0.2, 0.25) is 0 Å². The minimum Gasteiger partial charge on any atom is -0.250 e. The largest absolute Gasteiger partial charge is 0.250 e. The molecule has 0 spiro atoms. The van der Waals surface area contributed by atoms with Crippen molar-refractivity contribution in [2.75, 3.05) is 0 Å². The summed E-state index contributed by atoms with van der Waals surface area (Å²) in [5, 5.41) is 2.64. The second-order valence-electron chi connectivity index (χ2n) is 4.95. The van der Waals surface area contributed by atoms with Gasteiger partial charge in [-0.15, -0.1) is 11.3 Å². The molecular formula is C16H12BrF2NS. The predicted octanol–water partition coefficient (Wildman–Crippen LogP) is 5.80. The van der Waals surface area contributed by atoms with E-state index >= 15 is 0 Å². The van der Waals surface area contributed by atoms with Gasteiger partial charge in [-0.25, -0.2) is 13.8 Å². The van der Waals surface area contributed by atoms with Crippen LogP contribution in [0.3, 0.4) is 0 Å². The molecule has 0 aliphatic carbocycles. The maximum atomic E-state index is 13.8. The van der Waals surface area contributed by atoms with E-state index in [1.54, 1.807) is 17.4 Å². The lowest BCUT2D eigenvalue weighted by Gasteiger charge is -2.15. The number of fused-ring (bicyclic) bond motifs is 1. The van der Waals surface area contributed by atoms with Crippen LogP contribution in [0.25, 0.3) is 10.9 Å². The van der Waals surface area contributed by atoms with E-state index < -0.39 is 11.6 Å². The van der Waals surface area contributed by atoms with E-state index in [0.717, 1.165) is 21.8 Å². The van der Waals surface area contributed by atoms with E-state index in [1.807, 2.05) is 24.4 Å². The summed E-state index contributed by atoms with van der Waals surface area (Å²) in [5.41, 5.74) is 1.84. The molecule has 0 saturated heterocycles. The molecule has 0 fully saturated rings. The molecular weight excluding hydrogens is 356 g/mol. The molecule has 21 heavy (non-hydrogen) atoms. The van der Waals surface area contributed by atoms with Crippen LogP contribution in [0.5, 0.6) is 0 Å². The van der Waals surface area contributed by atoms with Crippen molar-refractivity contribution in [3.05, 3.63) is 61.9 Å². The summed E-state index contributed by atoms with van der Waals surface area (Å²) < 4.78 is 28.2. The number of pyridine rings is 1. The van der Waals surface area contributed by atoms with Crippen molar-refractivity contribution in [3.63, 3.8) is 0 Å². The Morgan fingerprint density at radius 3 is 2.67 bits per heavy atom. The Labute approximate surface area is 133 Å². The quantitative estimate of drug-likeness (QED) is 0.557. The minimum absolute atomic E-state index is 0.0914. The first-order valence-corrected chi connectivity index (χ1v) is 8.14. The molecule has 0 aliphatic rings. The summed E-state index contributed by atoms with van der Waals surface area (Å²) in [5.74, 6) is -1.60. The van der Waals surface area contributed by atoms with Crippen LogP contribution in [-0.2, 0) is 0 Å². The minimum atomic E-state index is -0.882. The van der Waals surface area contributed by atoms with Crippen molar-refractivity contribution in [1.82, 2.24) is 4.98 Å². The highest BCUT2D eigenvalue weighted by Gasteiger charge is 2.18. The van der Waals surface area contributed by atoms with E-state index in [9.17, 15) is 8.78 Å². The first-order valence-electron chi connectivity index (χ1n) is 6.47. The summed E-state index contributed by atoms with van der Waals surface area (Å²) in [7, 11) is 0. The highest BCUT2D eigenvalue weighted by Crippen LogP contribution is 2.36. The third-order valence-electron chi connectivity index (χ3n) is 3.61. The SMILES string of the molecule is Cc1nc2c(F)c(F)ccc2cc1C(C)c1sccc1Br. The Kier molecular flexibility index (Phi) is 3.80. The molecule has 1 atom stereocenters. The number of aryl methyl sites for hydroxylation is 1. The molecule has 0 saturated carbocycles. The molecule has 2 heterocycles. The van der Waals surface area contributed by atoms with Gasteiger partial charge in [0.1, 0.15) is 5.52 Å². The van der Waals surface area contributed by atoms with Gasteiger partial charge in [-0.05, 0) is 58.1 Å². The Balaban J connectivity index is 2.18. The van der Waals surface area contributed by atoms with Crippen LogP contribution < -0.4 is 0 Å². The zero-order chi connectivity index (χ0) is 15.1. The zero-order valence-corrected chi connectivity index (χ0v) is 13.9. The van der Waals surface area contributed by atoms with Crippen LogP contribution in [0.15, 0.2) is 34.1 Å². The first kappa shape index (κ1) is 14.6.